The fourth-order valence-electron chi connectivity index (χ4n) is 4.22. The van der Waals surface area contributed by atoms with Crippen molar-refractivity contribution in [1.29, 1.82) is 10.5 Å². The smallest absolute Gasteiger partial charge is 0.247 e. The van der Waals surface area contributed by atoms with Gasteiger partial charge in [0.25, 0.3) is 0 Å². The van der Waals surface area contributed by atoms with Crippen molar-refractivity contribution in [2.24, 2.45) is 0 Å². The fourth-order valence-corrected chi connectivity index (χ4v) is 5.35. The number of hydrogen-bond donors (Lipinski definition) is 0. The Bertz CT molecular complexity index is 1580. The Morgan fingerprint density at radius 1 is 0.892 bits per heavy atom. The summed E-state index contributed by atoms with van der Waals surface area (Å²) in [4.78, 5) is 32.1. The monoisotopic (exact) mass is 500 g/mol. The Kier molecular flexibility index (Phi) is 6.55. The number of hydrogen-bond acceptors (Lipinski definition) is 6. The maximum absolute atomic E-state index is 13.3. The molecule has 0 saturated carbocycles. The normalized spacial score (nSPS) is 14.9. The minimum Gasteiger partial charge on any atom is -0.274 e. The molecule has 5 rings (SSSR count). The number of carbonyl (C=O) groups excluding carboxylic acids is 2. The molecule has 0 radical (unpaired) electrons. The second kappa shape index (κ2) is 10.1. The van der Waals surface area contributed by atoms with E-state index in [4.69, 9.17) is 10.2 Å². The zero-order valence-electron chi connectivity index (χ0n) is 19.9. The van der Waals surface area contributed by atoms with Gasteiger partial charge in [-0.25, -0.2) is 9.88 Å². The van der Waals surface area contributed by atoms with E-state index in [1.54, 1.807) is 24.3 Å². The van der Waals surface area contributed by atoms with Gasteiger partial charge in [0.15, 0.2) is 0 Å². The van der Waals surface area contributed by atoms with E-state index in [2.05, 4.69) is 6.07 Å². The van der Waals surface area contributed by atoms with Crippen molar-refractivity contribution in [2.45, 2.75) is 23.6 Å². The SMILES string of the molecule is Cc1ccc(-c2cc(-c3ccccc3)nc(SC3CC(=O)N(c4ccc(C#N)cc4)C3=O)c2C#N)cc1. The molecule has 37 heavy (non-hydrogen) atoms. The molecule has 178 valence electrons. The standard InChI is InChI=1S/C30H20N4O2S/c1-19-7-11-21(12-8-19)24-15-26(22-5-3-2-4-6-22)33-29(25(24)18-32)37-27-16-28(35)34(30(27)36)23-13-9-20(17-31)10-14-23/h2-15,27H,16H2,1H3. The number of nitrogens with zero attached hydrogens (tertiary/aromatic N) is 4. The topological polar surface area (TPSA) is 97.8 Å². The highest BCUT2D eigenvalue weighted by Crippen LogP contribution is 2.39. The lowest BCUT2D eigenvalue weighted by Crippen LogP contribution is -2.31. The van der Waals surface area contributed by atoms with E-state index in [1.807, 2.05) is 73.7 Å². The third-order valence-corrected chi connectivity index (χ3v) is 7.32. The Morgan fingerprint density at radius 2 is 1.59 bits per heavy atom. The summed E-state index contributed by atoms with van der Waals surface area (Å²) in [5.41, 5.74) is 5.49. The molecular formula is C30H20N4O2S. The molecule has 0 aliphatic carbocycles. The molecular weight excluding hydrogens is 480 g/mol. The molecule has 4 aromatic rings. The number of aromatic nitrogens is 1. The number of benzene rings is 3. The fraction of sp³-hybridized carbons (Fsp3) is 0.100. The number of rotatable bonds is 5. The van der Waals surface area contributed by atoms with Crippen LogP contribution in [0.4, 0.5) is 5.69 Å². The van der Waals surface area contributed by atoms with Crippen LogP contribution >= 0.6 is 11.8 Å². The molecule has 1 unspecified atom stereocenters. The van der Waals surface area contributed by atoms with Crippen LogP contribution in [0.25, 0.3) is 22.4 Å². The largest absolute Gasteiger partial charge is 0.274 e. The molecule has 1 aromatic heterocycles. The summed E-state index contributed by atoms with van der Waals surface area (Å²) in [6, 6.07) is 30.1. The van der Waals surface area contributed by atoms with E-state index < -0.39 is 5.25 Å². The van der Waals surface area contributed by atoms with Crippen molar-refractivity contribution >= 4 is 29.3 Å². The zero-order valence-corrected chi connectivity index (χ0v) is 20.7. The quantitative estimate of drug-likeness (QED) is 0.317. The Morgan fingerprint density at radius 3 is 2.24 bits per heavy atom. The summed E-state index contributed by atoms with van der Waals surface area (Å²) in [7, 11) is 0. The van der Waals surface area contributed by atoms with Crippen LogP contribution in [-0.4, -0.2) is 22.0 Å². The first kappa shape index (κ1) is 24.0. The molecule has 1 aliphatic rings. The van der Waals surface area contributed by atoms with Crippen LogP contribution < -0.4 is 4.90 Å². The highest BCUT2D eigenvalue weighted by molar-refractivity contribution is 8.00. The molecule has 0 N–H and O–H groups in total. The van der Waals surface area contributed by atoms with Crippen LogP contribution in [0.3, 0.4) is 0 Å². The maximum atomic E-state index is 13.3. The van der Waals surface area contributed by atoms with Crippen molar-refractivity contribution in [3.8, 4) is 34.5 Å². The number of pyridine rings is 1. The van der Waals surface area contributed by atoms with E-state index in [0.29, 0.717) is 27.5 Å². The molecule has 1 saturated heterocycles. The average molecular weight is 501 g/mol. The second-order valence-electron chi connectivity index (χ2n) is 8.62. The minimum atomic E-state index is -0.723. The van der Waals surface area contributed by atoms with Gasteiger partial charge in [-0.3, -0.25) is 9.59 Å². The van der Waals surface area contributed by atoms with Crippen LogP contribution in [0.15, 0.2) is 90.0 Å². The maximum Gasteiger partial charge on any atom is 0.247 e. The molecule has 2 amide bonds. The predicted octanol–water partition coefficient (Wildman–Crippen LogP) is 5.89. The van der Waals surface area contributed by atoms with Gasteiger partial charge in [-0.1, -0.05) is 71.9 Å². The lowest BCUT2D eigenvalue weighted by Gasteiger charge is -2.16. The van der Waals surface area contributed by atoms with E-state index in [0.717, 1.165) is 38.9 Å². The van der Waals surface area contributed by atoms with Crippen LogP contribution in [0.2, 0.25) is 0 Å². The van der Waals surface area contributed by atoms with Crippen molar-refractivity contribution in [1.82, 2.24) is 4.98 Å². The third kappa shape index (κ3) is 4.73. The summed E-state index contributed by atoms with van der Waals surface area (Å²) < 4.78 is 0. The zero-order chi connectivity index (χ0) is 25.9. The van der Waals surface area contributed by atoms with E-state index in [-0.39, 0.29) is 18.2 Å². The molecule has 7 heteroatoms. The van der Waals surface area contributed by atoms with Gasteiger partial charge in [-0.2, -0.15) is 10.5 Å². The number of imide groups is 1. The third-order valence-electron chi connectivity index (χ3n) is 6.14. The molecule has 0 bridgehead atoms. The second-order valence-corrected chi connectivity index (χ2v) is 9.81. The molecule has 1 atom stereocenters. The Hall–Kier alpha value is -4.72. The van der Waals surface area contributed by atoms with Gasteiger partial charge < -0.3 is 0 Å². The van der Waals surface area contributed by atoms with Gasteiger partial charge in [-0.05, 0) is 42.8 Å². The summed E-state index contributed by atoms with van der Waals surface area (Å²) >= 11 is 1.14. The summed E-state index contributed by atoms with van der Waals surface area (Å²) in [5, 5.41) is 18.9. The highest BCUT2D eigenvalue weighted by atomic mass is 32.2. The van der Waals surface area contributed by atoms with Crippen LogP contribution in [0, 0.1) is 29.6 Å². The lowest BCUT2D eigenvalue weighted by molar-refractivity contribution is -0.121. The van der Waals surface area contributed by atoms with Gasteiger partial charge in [0.1, 0.15) is 11.1 Å². The Labute approximate surface area is 218 Å². The number of aryl methyl sites for hydroxylation is 1. The van der Waals surface area contributed by atoms with Gasteiger partial charge in [0, 0.05) is 17.5 Å². The van der Waals surface area contributed by atoms with E-state index >= 15 is 0 Å². The molecule has 1 aliphatic heterocycles. The first-order valence-electron chi connectivity index (χ1n) is 11.6. The first-order valence-corrected chi connectivity index (χ1v) is 12.5. The first-order chi connectivity index (χ1) is 18.0. The number of carbonyl (C=O) groups is 2. The van der Waals surface area contributed by atoms with E-state index in [1.165, 1.54) is 0 Å². The lowest BCUT2D eigenvalue weighted by atomic mass is 9.98. The van der Waals surface area contributed by atoms with Crippen LogP contribution in [0.5, 0.6) is 0 Å². The molecule has 1 fully saturated rings. The Balaban J connectivity index is 1.56. The van der Waals surface area contributed by atoms with Gasteiger partial charge in [-0.15, -0.1) is 0 Å². The van der Waals surface area contributed by atoms with Gasteiger partial charge in [0.05, 0.1) is 33.8 Å². The van der Waals surface area contributed by atoms with E-state index in [9.17, 15) is 14.9 Å². The number of anilines is 1. The van der Waals surface area contributed by atoms with Crippen molar-refractivity contribution in [3.63, 3.8) is 0 Å². The van der Waals surface area contributed by atoms with Gasteiger partial charge in [0.2, 0.25) is 11.8 Å². The summed E-state index contributed by atoms with van der Waals surface area (Å²) in [5.74, 6) is -0.698. The molecule has 0 spiro atoms. The van der Waals surface area contributed by atoms with Crippen molar-refractivity contribution in [2.75, 3.05) is 4.90 Å². The summed E-state index contributed by atoms with van der Waals surface area (Å²) in [6.45, 7) is 2.00. The number of nitriles is 2. The molecule has 6 nitrogen and oxygen atoms in total. The van der Waals surface area contributed by atoms with Crippen molar-refractivity contribution in [3.05, 3.63) is 102 Å². The average Bonchev–Trinajstić information content (AvgIpc) is 3.21. The van der Waals surface area contributed by atoms with Crippen LogP contribution in [0.1, 0.15) is 23.1 Å². The summed E-state index contributed by atoms with van der Waals surface area (Å²) in [6.07, 6.45) is -0.00845. The molecule has 2 heterocycles. The van der Waals surface area contributed by atoms with Crippen molar-refractivity contribution < 1.29 is 9.59 Å². The minimum absolute atomic E-state index is 0.00845. The van der Waals surface area contributed by atoms with Crippen LogP contribution in [-0.2, 0) is 9.59 Å². The number of amides is 2. The molecule has 3 aromatic carbocycles. The van der Waals surface area contributed by atoms with Gasteiger partial charge >= 0.3 is 0 Å². The predicted molar refractivity (Wildman–Crippen MR) is 142 cm³/mol. The highest BCUT2D eigenvalue weighted by Gasteiger charge is 2.41. The number of thioether (sulfide) groups is 1.